The molecule has 1 atom stereocenters. The van der Waals surface area contributed by atoms with Gasteiger partial charge in [-0.3, -0.25) is 4.90 Å². The summed E-state index contributed by atoms with van der Waals surface area (Å²) in [5.41, 5.74) is 0.312. The van der Waals surface area contributed by atoms with E-state index < -0.39 is 6.10 Å². The molecule has 0 amide bonds. The second-order valence-electron chi connectivity index (χ2n) is 4.06. The summed E-state index contributed by atoms with van der Waals surface area (Å²) in [7, 11) is 0. The SMILES string of the molecule is CCCN(CCO)CC(O)c1ccccc1F. The van der Waals surface area contributed by atoms with Gasteiger partial charge in [0.05, 0.1) is 12.7 Å². The third kappa shape index (κ3) is 4.42. The maximum Gasteiger partial charge on any atom is 0.129 e. The van der Waals surface area contributed by atoms with Crippen LogP contribution in [0.2, 0.25) is 0 Å². The van der Waals surface area contributed by atoms with Crippen molar-refractivity contribution < 1.29 is 14.6 Å². The monoisotopic (exact) mass is 241 g/mol. The number of hydrogen-bond acceptors (Lipinski definition) is 3. The van der Waals surface area contributed by atoms with E-state index in [1.54, 1.807) is 18.2 Å². The summed E-state index contributed by atoms with van der Waals surface area (Å²) in [4.78, 5) is 1.93. The van der Waals surface area contributed by atoms with Crippen molar-refractivity contribution in [3.8, 4) is 0 Å². The molecule has 3 nitrogen and oxygen atoms in total. The lowest BCUT2D eigenvalue weighted by molar-refractivity contribution is 0.0974. The number of halogens is 1. The van der Waals surface area contributed by atoms with Crippen LogP contribution in [0.4, 0.5) is 4.39 Å². The van der Waals surface area contributed by atoms with Gasteiger partial charge in [0.25, 0.3) is 0 Å². The minimum Gasteiger partial charge on any atom is -0.395 e. The lowest BCUT2D eigenvalue weighted by Crippen LogP contribution is -2.32. The van der Waals surface area contributed by atoms with Gasteiger partial charge in [-0.1, -0.05) is 25.1 Å². The predicted molar refractivity (Wildman–Crippen MR) is 65.2 cm³/mol. The highest BCUT2D eigenvalue weighted by molar-refractivity contribution is 5.19. The molecular weight excluding hydrogens is 221 g/mol. The Bertz CT molecular complexity index is 327. The summed E-state index contributed by atoms with van der Waals surface area (Å²) in [6.45, 7) is 3.70. The topological polar surface area (TPSA) is 43.7 Å². The van der Waals surface area contributed by atoms with Gasteiger partial charge in [-0.05, 0) is 19.0 Å². The van der Waals surface area contributed by atoms with Crippen LogP contribution in [0.3, 0.4) is 0 Å². The first-order chi connectivity index (χ1) is 8.19. The third-order valence-corrected chi connectivity index (χ3v) is 2.65. The van der Waals surface area contributed by atoms with Crippen molar-refractivity contribution in [3.63, 3.8) is 0 Å². The van der Waals surface area contributed by atoms with Crippen molar-refractivity contribution in [2.75, 3.05) is 26.2 Å². The first-order valence-corrected chi connectivity index (χ1v) is 5.94. The smallest absolute Gasteiger partial charge is 0.129 e. The first-order valence-electron chi connectivity index (χ1n) is 5.94. The van der Waals surface area contributed by atoms with Crippen molar-refractivity contribution in [1.29, 1.82) is 0 Å². The molecule has 0 aliphatic rings. The van der Waals surface area contributed by atoms with Crippen LogP contribution < -0.4 is 0 Å². The van der Waals surface area contributed by atoms with Crippen LogP contribution in [0.25, 0.3) is 0 Å². The minimum absolute atomic E-state index is 0.0456. The molecule has 1 rings (SSSR count). The Morgan fingerprint density at radius 2 is 2.00 bits per heavy atom. The highest BCUT2D eigenvalue weighted by Gasteiger charge is 2.15. The van der Waals surface area contributed by atoms with Gasteiger partial charge in [0.2, 0.25) is 0 Å². The maximum absolute atomic E-state index is 13.4. The van der Waals surface area contributed by atoms with Crippen molar-refractivity contribution in [1.82, 2.24) is 4.90 Å². The third-order valence-electron chi connectivity index (χ3n) is 2.65. The van der Waals surface area contributed by atoms with E-state index in [1.165, 1.54) is 6.07 Å². The zero-order valence-electron chi connectivity index (χ0n) is 10.1. The molecule has 0 saturated heterocycles. The summed E-state index contributed by atoms with van der Waals surface area (Å²) in [6, 6.07) is 6.23. The van der Waals surface area contributed by atoms with Crippen LogP contribution in [0.1, 0.15) is 25.0 Å². The average molecular weight is 241 g/mol. The fraction of sp³-hybridized carbons (Fsp3) is 0.538. The molecule has 0 fully saturated rings. The number of hydrogen-bond donors (Lipinski definition) is 2. The van der Waals surface area contributed by atoms with E-state index in [4.69, 9.17) is 5.11 Å². The number of aliphatic hydroxyl groups is 2. The standard InChI is InChI=1S/C13H20FNO2/c1-2-7-15(8-9-16)10-13(17)11-5-3-4-6-12(11)14/h3-6,13,16-17H,2,7-10H2,1H3. The van der Waals surface area contributed by atoms with Crippen LogP contribution in [0.15, 0.2) is 24.3 Å². The van der Waals surface area contributed by atoms with Crippen LogP contribution in [-0.4, -0.2) is 41.4 Å². The molecule has 0 aromatic heterocycles. The predicted octanol–water partition coefficient (Wildman–Crippen LogP) is 1.56. The molecule has 0 aliphatic heterocycles. The van der Waals surface area contributed by atoms with Crippen molar-refractivity contribution >= 4 is 0 Å². The Morgan fingerprint density at radius 1 is 1.29 bits per heavy atom. The van der Waals surface area contributed by atoms with Crippen LogP contribution in [0, 0.1) is 5.82 Å². The van der Waals surface area contributed by atoms with E-state index in [0.29, 0.717) is 18.7 Å². The fourth-order valence-electron chi connectivity index (χ4n) is 1.84. The van der Waals surface area contributed by atoms with Gasteiger partial charge in [0, 0.05) is 18.7 Å². The summed E-state index contributed by atoms with van der Waals surface area (Å²) in [5, 5.41) is 18.9. The zero-order chi connectivity index (χ0) is 12.7. The summed E-state index contributed by atoms with van der Waals surface area (Å²) >= 11 is 0. The second kappa shape index (κ2) is 7.37. The highest BCUT2D eigenvalue weighted by atomic mass is 19.1. The normalized spacial score (nSPS) is 13.0. The van der Waals surface area contributed by atoms with Gasteiger partial charge >= 0.3 is 0 Å². The molecule has 1 unspecified atom stereocenters. The Morgan fingerprint density at radius 3 is 2.59 bits per heavy atom. The first kappa shape index (κ1) is 14.1. The number of benzene rings is 1. The molecule has 0 aliphatic carbocycles. The van der Waals surface area contributed by atoms with Crippen LogP contribution >= 0.6 is 0 Å². The van der Waals surface area contributed by atoms with Gasteiger partial charge in [-0.2, -0.15) is 0 Å². The second-order valence-corrected chi connectivity index (χ2v) is 4.06. The van der Waals surface area contributed by atoms with E-state index in [9.17, 15) is 9.50 Å². The van der Waals surface area contributed by atoms with Gasteiger partial charge in [0.15, 0.2) is 0 Å². The van der Waals surface area contributed by atoms with Crippen molar-refractivity contribution in [2.45, 2.75) is 19.4 Å². The summed E-state index contributed by atoms with van der Waals surface area (Å²) in [5.74, 6) is -0.388. The molecule has 0 saturated carbocycles. The van der Waals surface area contributed by atoms with Crippen molar-refractivity contribution in [3.05, 3.63) is 35.6 Å². The number of nitrogens with zero attached hydrogens (tertiary/aromatic N) is 1. The minimum atomic E-state index is -0.853. The van der Waals surface area contributed by atoms with Gasteiger partial charge in [0.1, 0.15) is 5.82 Å². The van der Waals surface area contributed by atoms with Gasteiger partial charge in [-0.25, -0.2) is 4.39 Å². The van der Waals surface area contributed by atoms with E-state index in [-0.39, 0.29) is 12.4 Å². The lowest BCUT2D eigenvalue weighted by Gasteiger charge is -2.24. The maximum atomic E-state index is 13.4. The van der Waals surface area contributed by atoms with Gasteiger partial charge in [-0.15, -0.1) is 0 Å². The van der Waals surface area contributed by atoms with E-state index >= 15 is 0 Å². The molecule has 1 aromatic carbocycles. The zero-order valence-corrected chi connectivity index (χ0v) is 10.1. The lowest BCUT2D eigenvalue weighted by atomic mass is 10.1. The van der Waals surface area contributed by atoms with E-state index in [2.05, 4.69) is 0 Å². The van der Waals surface area contributed by atoms with E-state index in [1.807, 2.05) is 11.8 Å². The Hall–Kier alpha value is -0.970. The molecule has 0 heterocycles. The molecule has 0 radical (unpaired) electrons. The molecule has 4 heteroatoms. The Kier molecular flexibility index (Phi) is 6.11. The molecule has 1 aromatic rings. The summed E-state index contributed by atoms with van der Waals surface area (Å²) < 4.78 is 13.4. The van der Waals surface area contributed by atoms with Crippen molar-refractivity contribution in [2.24, 2.45) is 0 Å². The van der Waals surface area contributed by atoms with E-state index in [0.717, 1.165) is 13.0 Å². The molecule has 0 bridgehead atoms. The number of aliphatic hydroxyl groups excluding tert-OH is 2. The van der Waals surface area contributed by atoms with Gasteiger partial charge < -0.3 is 10.2 Å². The number of rotatable bonds is 7. The van der Waals surface area contributed by atoms with Crippen LogP contribution in [0.5, 0.6) is 0 Å². The Labute approximate surface area is 101 Å². The quantitative estimate of drug-likeness (QED) is 0.761. The Balaban J connectivity index is 2.63. The average Bonchev–Trinajstić information content (AvgIpc) is 2.30. The molecular formula is C13H20FNO2. The largest absolute Gasteiger partial charge is 0.395 e. The molecule has 2 N–H and O–H groups in total. The molecule has 96 valence electrons. The van der Waals surface area contributed by atoms with Crippen LogP contribution in [-0.2, 0) is 0 Å². The molecule has 17 heavy (non-hydrogen) atoms. The highest BCUT2D eigenvalue weighted by Crippen LogP contribution is 2.17. The summed E-state index contributed by atoms with van der Waals surface area (Å²) in [6.07, 6.45) is 0.0820. The fourth-order valence-corrected chi connectivity index (χ4v) is 1.84. The molecule has 0 spiro atoms.